The molecule has 0 aromatic carbocycles. The van der Waals surface area contributed by atoms with Crippen LogP contribution in [0, 0.1) is 57.2 Å². The van der Waals surface area contributed by atoms with Crippen molar-refractivity contribution < 1.29 is 19.1 Å². The molecule has 2 aliphatic carbocycles. The van der Waals surface area contributed by atoms with Gasteiger partial charge in [-0.25, -0.2) is 0 Å². The fourth-order valence-electron chi connectivity index (χ4n) is 6.74. The number of hydrogen-bond acceptors (Lipinski definition) is 8. The summed E-state index contributed by atoms with van der Waals surface area (Å²) in [5, 5.41) is 20.0. The zero-order valence-corrected chi connectivity index (χ0v) is 31.2. The van der Waals surface area contributed by atoms with Crippen molar-refractivity contribution in [3.05, 3.63) is 23.3 Å². The fraction of sp³-hybridized carbons (Fsp3) is 0.750. The van der Waals surface area contributed by atoms with E-state index in [2.05, 4.69) is 67.5 Å². The van der Waals surface area contributed by atoms with Crippen LogP contribution in [-0.4, -0.2) is 49.7 Å². The number of ether oxygens (including phenoxy) is 2. The summed E-state index contributed by atoms with van der Waals surface area (Å²) in [4.78, 5) is 35.7. The van der Waals surface area contributed by atoms with Gasteiger partial charge in [-0.3, -0.25) is 19.6 Å². The minimum atomic E-state index is -0.935. The minimum absolute atomic E-state index is 0.142. The summed E-state index contributed by atoms with van der Waals surface area (Å²) in [6.45, 7) is 18.7. The fourth-order valence-corrected chi connectivity index (χ4v) is 6.74. The molecular formula is C40H62N4O4. The number of allylic oxidation sites excluding steroid dienone is 2. The Morgan fingerprint density at radius 1 is 0.708 bits per heavy atom. The van der Waals surface area contributed by atoms with E-state index in [1.807, 2.05) is 12.2 Å². The smallest absolute Gasteiger partial charge is 0.327 e. The number of esters is 2. The highest BCUT2D eigenvalue weighted by atomic mass is 16.5. The Hall–Kier alpha value is -3.26. The van der Waals surface area contributed by atoms with Crippen LogP contribution < -0.4 is 0 Å². The molecule has 8 heteroatoms. The standard InChI is InChI=1S/C40H62N4O4/c1-9-13-15-29(11-3)27-47-37(45)35(25-41)31-19-33(23-39(5,6)21-31)43-17-18-44-34-20-32(22-40(7,8)24-34)36(26-42)38(46)48-28-30(12-4)16-14-10-2/h19-20,29-30,35-36H,9-18,21-24,27-28H2,1-8H3. The molecule has 2 rings (SSSR count). The summed E-state index contributed by atoms with van der Waals surface area (Å²) in [6.07, 6.45) is 14.9. The van der Waals surface area contributed by atoms with E-state index in [4.69, 9.17) is 19.5 Å². The number of nitriles is 2. The number of nitrogens with zero attached hydrogens (tertiary/aromatic N) is 4. The van der Waals surface area contributed by atoms with Crippen LogP contribution in [0.5, 0.6) is 0 Å². The van der Waals surface area contributed by atoms with Crippen LogP contribution in [0.4, 0.5) is 0 Å². The lowest BCUT2D eigenvalue weighted by Gasteiger charge is -2.32. The van der Waals surface area contributed by atoms with Gasteiger partial charge >= 0.3 is 11.9 Å². The van der Waals surface area contributed by atoms with Gasteiger partial charge in [0.25, 0.3) is 0 Å². The Morgan fingerprint density at radius 3 is 1.40 bits per heavy atom. The summed E-state index contributed by atoms with van der Waals surface area (Å²) < 4.78 is 11.3. The average molecular weight is 663 g/mol. The molecule has 2 aliphatic rings. The maximum atomic E-state index is 13.0. The van der Waals surface area contributed by atoms with Gasteiger partial charge in [-0.05, 0) is 84.5 Å². The lowest BCUT2D eigenvalue weighted by atomic mass is 9.73. The van der Waals surface area contributed by atoms with Crippen molar-refractivity contribution >= 4 is 23.4 Å². The molecule has 8 nitrogen and oxygen atoms in total. The van der Waals surface area contributed by atoms with E-state index in [-0.39, 0.29) is 10.8 Å². The Kier molecular flexibility index (Phi) is 17.3. The molecule has 0 amide bonds. The van der Waals surface area contributed by atoms with Gasteiger partial charge in [-0.1, -0.05) is 93.9 Å². The van der Waals surface area contributed by atoms with Gasteiger partial charge in [0, 0.05) is 11.4 Å². The number of carbonyl (C=O) groups is 2. The van der Waals surface area contributed by atoms with E-state index in [1.165, 1.54) is 0 Å². The Labute approximate surface area is 291 Å². The molecule has 0 aliphatic heterocycles. The number of hydrogen-bond donors (Lipinski definition) is 0. The first-order chi connectivity index (χ1) is 22.8. The maximum absolute atomic E-state index is 13.0. The molecule has 48 heavy (non-hydrogen) atoms. The third kappa shape index (κ3) is 13.7. The lowest BCUT2D eigenvalue weighted by molar-refractivity contribution is -0.148. The summed E-state index contributed by atoms with van der Waals surface area (Å²) >= 11 is 0. The van der Waals surface area contributed by atoms with Crippen molar-refractivity contribution in [1.29, 1.82) is 10.5 Å². The second-order valence-corrected chi connectivity index (χ2v) is 15.4. The van der Waals surface area contributed by atoms with Crippen LogP contribution in [0.15, 0.2) is 33.3 Å². The zero-order valence-electron chi connectivity index (χ0n) is 31.2. The predicted octanol–water partition coefficient (Wildman–Crippen LogP) is 9.16. The summed E-state index contributed by atoms with van der Waals surface area (Å²) in [5.41, 5.74) is 2.96. The van der Waals surface area contributed by atoms with Crippen LogP contribution in [0.3, 0.4) is 0 Å². The molecule has 0 bridgehead atoms. The third-order valence-corrected chi connectivity index (χ3v) is 9.60. The highest BCUT2D eigenvalue weighted by molar-refractivity contribution is 5.99. The quantitative estimate of drug-likeness (QED) is 0.100. The van der Waals surface area contributed by atoms with Crippen molar-refractivity contribution in [3.8, 4) is 12.1 Å². The van der Waals surface area contributed by atoms with Crippen LogP contribution in [0.25, 0.3) is 0 Å². The van der Waals surface area contributed by atoms with Gasteiger partial charge < -0.3 is 9.47 Å². The number of unbranched alkanes of at least 4 members (excludes halogenated alkanes) is 2. The van der Waals surface area contributed by atoms with Crippen molar-refractivity contribution in [2.45, 2.75) is 132 Å². The topological polar surface area (TPSA) is 125 Å². The van der Waals surface area contributed by atoms with Gasteiger partial charge in [-0.15, -0.1) is 0 Å². The van der Waals surface area contributed by atoms with Gasteiger partial charge in [0.1, 0.15) is 0 Å². The predicted molar refractivity (Wildman–Crippen MR) is 194 cm³/mol. The first kappa shape index (κ1) is 40.9. The SMILES string of the molecule is CCCCC(CC)COC(=O)C(C#N)C1=CC(=NCCN=C2C=C(C(C#N)C(=O)OCC(CC)CCCC)CC(C)(C)C2)CC(C)(C)C1. The molecule has 0 fully saturated rings. The second kappa shape index (κ2) is 20.3. The molecule has 4 atom stereocenters. The van der Waals surface area contributed by atoms with E-state index in [1.54, 1.807) is 0 Å². The molecule has 0 radical (unpaired) electrons. The molecule has 0 aromatic rings. The molecule has 266 valence electrons. The van der Waals surface area contributed by atoms with Gasteiger partial charge in [-0.2, -0.15) is 10.5 Å². The van der Waals surface area contributed by atoms with Crippen molar-refractivity contribution in [1.82, 2.24) is 0 Å². The molecule has 0 spiro atoms. The Balaban J connectivity index is 2.14. The number of aliphatic imine (C=N–C) groups is 2. The minimum Gasteiger partial charge on any atom is -0.464 e. The van der Waals surface area contributed by atoms with Crippen molar-refractivity contribution in [2.24, 2.45) is 44.5 Å². The van der Waals surface area contributed by atoms with E-state index >= 15 is 0 Å². The second-order valence-electron chi connectivity index (χ2n) is 15.4. The first-order valence-corrected chi connectivity index (χ1v) is 18.4. The van der Waals surface area contributed by atoms with E-state index in [9.17, 15) is 20.1 Å². The number of carbonyl (C=O) groups excluding carboxylic acids is 2. The largest absolute Gasteiger partial charge is 0.464 e. The van der Waals surface area contributed by atoms with E-state index in [0.29, 0.717) is 51.0 Å². The van der Waals surface area contributed by atoms with Crippen LogP contribution in [0.2, 0.25) is 0 Å². The molecule has 0 N–H and O–H groups in total. The van der Waals surface area contributed by atoms with E-state index < -0.39 is 23.8 Å². The van der Waals surface area contributed by atoms with E-state index in [0.717, 1.165) is 86.8 Å². The molecule has 4 unspecified atom stereocenters. The summed E-state index contributed by atoms with van der Waals surface area (Å²) in [6, 6.07) is 4.40. The summed E-state index contributed by atoms with van der Waals surface area (Å²) in [5.74, 6) is -2.17. The monoisotopic (exact) mass is 662 g/mol. The van der Waals surface area contributed by atoms with Crippen LogP contribution in [0.1, 0.15) is 132 Å². The normalized spacial score (nSPS) is 21.2. The lowest BCUT2D eigenvalue weighted by Crippen LogP contribution is -2.29. The van der Waals surface area contributed by atoms with Crippen molar-refractivity contribution in [2.75, 3.05) is 26.3 Å². The maximum Gasteiger partial charge on any atom is 0.327 e. The third-order valence-electron chi connectivity index (χ3n) is 9.60. The molecular weight excluding hydrogens is 600 g/mol. The van der Waals surface area contributed by atoms with Gasteiger partial charge in [0.05, 0.1) is 38.4 Å². The van der Waals surface area contributed by atoms with Gasteiger partial charge in [0.2, 0.25) is 0 Å². The van der Waals surface area contributed by atoms with Gasteiger partial charge in [0.15, 0.2) is 11.8 Å². The first-order valence-electron chi connectivity index (χ1n) is 18.4. The molecule has 0 aromatic heterocycles. The Morgan fingerprint density at radius 2 is 1.08 bits per heavy atom. The number of rotatable bonds is 19. The average Bonchev–Trinajstić information content (AvgIpc) is 3.02. The molecule has 0 heterocycles. The zero-order chi connectivity index (χ0) is 35.7. The molecule has 0 saturated heterocycles. The van der Waals surface area contributed by atoms with Crippen LogP contribution in [-0.2, 0) is 19.1 Å². The summed E-state index contributed by atoms with van der Waals surface area (Å²) in [7, 11) is 0. The molecule has 0 saturated carbocycles. The highest BCUT2D eigenvalue weighted by Gasteiger charge is 2.35. The highest BCUT2D eigenvalue weighted by Crippen LogP contribution is 2.39. The van der Waals surface area contributed by atoms with Crippen molar-refractivity contribution in [3.63, 3.8) is 0 Å². The van der Waals surface area contributed by atoms with Crippen LogP contribution >= 0.6 is 0 Å². The Bertz CT molecular complexity index is 1180.